The molecule has 0 N–H and O–H groups in total. The highest BCUT2D eigenvalue weighted by molar-refractivity contribution is 6.35. The van der Waals surface area contributed by atoms with Crippen LogP contribution in [0.1, 0.15) is 26.3 Å². The van der Waals surface area contributed by atoms with E-state index in [0.29, 0.717) is 0 Å². The van der Waals surface area contributed by atoms with Crippen LogP contribution in [0.3, 0.4) is 0 Å². The zero-order valence-corrected chi connectivity index (χ0v) is 8.91. The average Bonchev–Trinajstić information content (AvgIpc) is 2.20. The monoisotopic (exact) mass is 192 g/mol. The first kappa shape index (κ1) is 12.6. The molecule has 0 aliphatic heterocycles. The Morgan fingerprint density at radius 2 is 1.43 bits per heavy atom. The van der Waals surface area contributed by atoms with Gasteiger partial charge in [-0.2, -0.15) is 0 Å². The lowest BCUT2D eigenvalue weighted by Crippen LogP contribution is -2.01. The van der Waals surface area contributed by atoms with Gasteiger partial charge in [-0.3, -0.25) is 9.59 Å². The minimum Gasteiger partial charge on any atom is -0.291 e. The van der Waals surface area contributed by atoms with Crippen LogP contribution >= 0.6 is 0 Å². The van der Waals surface area contributed by atoms with Crippen molar-refractivity contribution in [2.24, 2.45) is 0 Å². The Balaban J connectivity index is 0.000000255. The summed E-state index contributed by atoms with van der Waals surface area (Å²) >= 11 is 0. The molecule has 0 spiro atoms. The third-order valence-electron chi connectivity index (χ3n) is 1.75. The lowest BCUT2D eigenvalue weighted by Gasteiger charge is -1.89. The van der Waals surface area contributed by atoms with Gasteiger partial charge in [-0.1, -0.05) is 37.3 Å². The second kappa shape index (κ2) is 7.01. The standard InChI is InChI=1S/C8H10.C4H6O2/c1-2-8-6-4-3-5-7-8;1-3(5)4(2)6/h3-7H,2H2,1H3;1-2H3. The van der Waals surface area contributed by atoms with E-state index >= 15 is 0 Å². The molecule has 1 rings (SSSR count). The van der Waals surface area contributed by atoms with E-state index in [4.69, 9.17) is 0 Å². The Hall–Kier alpha value is -1.44. The van der Waals surface area contributed by atoms with Crippen molar-refractivity contribution in [2.45, 2.75) is 27.2 Å². The Labute approximate surface area is 84.9 Å². The predicted molar refractivity (Wildman–Crippen MR) is 57.2 cm³/mol. The van der Waals surface area contributed by atoms with E-state index in [1.54, 1.807) is 0 Å². The van der Waals surface area contributed by atoms with Gasteiger partial charge in [0.25, 0.3) is 0 Å². The number of benzene rings is 1. The largest absolute Gasteiger partial charge is 0.291 e. The molecule has 0 amide bonds. The van der Waals surface area contributed by atoms with Gasteiger partial charge in [-0.25, -0.2) is 0 Å². The number of hydrogen-bond donors (Lipinski definition) is 0. The van der Waals surface area contributed by atoms with E-state index in [9.17, 15) is 9.59 Å². The Kier molecular flexibility index (Phi) is 6.29. The predicted octanol–water partition coefficient (Wildman–Crippen LogP) is 2.41. The molecule has 0 saturated heterocycles. The number of aryl methyl sites for hydroxylation is 1. The van der Waals surface area contributed by atoms with Gasteiger partial charge in [0.2, 0.25) is 0 Å². The number of hydrogen-bond acceptors (Lipinski definition) is 2. The number of ketones is 2. The molecule has 0 atom stereocenters. The second-order valence-corrected chi connectivity index (χ2v) is 2.95. The summed E-state index contributed by atoms with van der Waals surface area (Å²) in [6.45, 7) is 4.67. The molecule has 0 aromatic heterocycles. The average molecular weight is 192 g/mol. The first-order chi connectivity index (χ1) is 6.57. The maximum absolute atomic E-state index is 9.79. The maximum atomic E-state index is 9.79. The molecule has 0 aliphatic rings. The molecule has 1 aromatic rings. The van der Waals surface area contributed by atoms with Crippen molar-refractivity contribution in [2.75, 3.05) is 0 Å². The zero-order chi connectivity index (χ0) is 11.0. The van der Waals surface area contributed by atoms with Crippen molar-refractivity contribution in [3.05, 3.63) is 35.9 Å². The van der Waals surface area contributed by atoms with Crippen molar-refractivity contribution in [1.82, 2.24) is 0 Å². The van der Waals surface area contributed by atoms with E-state index in [-0.39, 0.29) is 11.6 Å². The van der Waals surface area contributed by atoms with E-state index < -0.39 is 0 Å². The summed E-state index contributed by atoms with van der Waals surface area (Å²) in [7, 11) is 0. The highest BCUT2D eigenvalue weighted by Gasteiger charge is 1.94. The molecule has 0 unspecified atom stereocenters. The summed E-state index contributed by atoms with van der Waals surface area (Å²) in [5.41, 5.74) is 1.41. The van der Waals surface area contributed by atoms with Crippen molar-refractivity contribution < 1.29 is 9.59 Å². The minimum absolute atomic E-state index is 0.380. The topological polar surface area (TPSA) is 34.1 Å². The molecule has 0 fully saturated rings. The molecule has 0 heterocycles. The fourth-order valence-electron chi connectivity index (χ4n) is 0.714. The molecular formula is C12H16O2. The van der Waals surface area contributed by atoms with Crippen LogP contribution in [0.4, 0.5) is 0 Å². The fraction of sp³-hybridized carbons (Fsp3) is 0.333. The number of rotatable bonds is 2. The molecular weight excluding hydrogens is 176 g/mol. The number of carbonyl (C=O) groups is 2. The zero-order valence-electron chi connectivity index (χ0n) is 8.91. The Bertz CT molecular complexity index is 276. The van der Waals surface area contributed by atoms with E-state index in [1.165, 1.54) is 19.4 Å². The van der Waals surface area contributed by atoms with Gasteiger partial charge in [0, 0.05) is 13.8 Å². The smallest absolute Gasteiger partial charge is 0.195 e. The second-order valence-electron chi connectivity index (χ2n) is 2.95. The van der Waals surface area contributed by atoms with Gasteiger partial charge >= 0.3 is 0 Å². The SMILES string of the molecule is CC(=O)C(C)=O.CCc1ccccc1. The van der Waals surface area contributed by atoms with Crippen LogP contribution in [-0.2, 0) is 16.0 Å². The molecule has 2 heteroatoms. The highest BCUT2D eigenvalue weighted by atomic mass is 16.2. The van der Waals surface area contributed by atoms with Crippen LogP contribution in [-0.4, -0.2) is 11.6 Å². The fourth-order valence-corrected chi connectivity index (χ4v) is 0.714. The van der Waals surface area contributed by atoms with Gasteiger partial charge in [0.15, 0.2) is 11.6 Å². The van der Waals surface area contributed by atoms with Gasteiger partial charge in [-0.05, 0) is 12.0 Å². The van der Waals surface area contributed by atoms with E-state index in [2.05, 4.69) is 31.2 Å². The van der Waals surface area contributed by atoms with Gasteiger partial charge in [-0.15, -0.1) is 0 Å². The van der Waals surface area contributed by atoms with Crippen molar-refractivity contribution in [3.63, 3.8) is 0 Å². The molecule has 0 aliphatic carbocycles. The van der Waals surface area contributed by atoms with Crippen LogP contribution in [0.2, 0.25) is 0 Å². The molecule has 1 aromatic carbocycles. The summed E-state index contributed by atoms with van der Waals surface area (Å²) in [6, 6.07) is 10.5. The van der Waals surface area contributed by atoms with Crippen LogP contribution in [0.15, 0.2) is 30.3 Å². The van der Waals surface area contributed by atoms with Crippen molar-refractivity contribution in [3.8, 4) is 0 Å². The summed E-state index contributed by atoms with van der Waals surface area (Å²) < 4.78 is 0. The molecule has 76 valence electrons. The van der Waals surface area contributed by atoms with Crippen LogP contribution < -0.4 is 0 Å². The van der Waals surface area contributed by atoms with Gasteiger partial charge < -0.3 is 0 Å². The summed E-state index contributed by atoms with van der Waals surface area (Å²) in [5.74, 6) is -0.759. The molecule has 14 heavy (non-hydrogen) atoms. The number of Topliss-reactive ketones (excluding diaryl/α,β-unsaturated/α-hetero) is 2. The molecule has 0 saturated carbocycles. The third kappa shape index (κ3) is 6.12. The van der Waals surface area contributed by atoms with Crippen molar-refractivity contribution >= 4 is 11.6 Å². The molecule has 0 bridgehead atoms. The number of carbonyl (C=O) groups excluding carboxylic acids is 2. The minimum atomic E-state index is -0.380. The van der Waals surface area contributed by atoms with Crippen LogP contribution in [0.25, 0.3) is 0 Å². The molecule has 2 nitrogen and oxygen atoms in total. The van der Waals surface area contributed by atoms with E-state index in [0.717, 1.165) is 6.42 Å². The Morgan fingerprint density at radius 3 is 1.64 bits per heavy atom. The summed E-state index contributed by atoms with van der Waals surface area (Å²) in [4.78, 5) is 19.6. The first-order valence-electron chi connectivity index (χ1n) is 4.63. The molecule has 0 radical (unpaired) electrons. The normalized spacial score (nSPS) is 8.50. The van der Waals surface area contributed by atoms with Crippen molar-refractivity contribution in [1.29, 1.82) is 0 Å². The Morgan fingerprint density at radius 1 is 1.00 bits per heavy atom. The van der Waals surface area contributed by atoms with Crippen LogP contribution in [0, 0.1) is 0 Å². The lowest BCUT2D eigenvalue weighted by atomic mass is 10.2. The van der Waals surface area contributed by atoms with E-state index in [1.807, 2.05) is 6.07 Å². The van der Waals surface area contributed by atoms with Gasteiger partial charge in [0.1, 0.15) is 0 Å². The third-order valence-corrected chi connectivity index (χ3v) is 1.75. The summed E-state index contributed by atoms with van der Waals surface area (Å²) in [6.07, 6.45) is 1.14. The lowest BCUT2D eigenvalue weighted by molar-refractivity contribution is -0.134. The quantitative estimate of drug-likeness (QED) is 0.674. The van der Waals surface area contributed by atoms with Crippen LogP contribution in [0.5, 0.6) is 0 Å². The maximum Gasteiger partial charge on any atom is 0.195 e. The van der Waals surface area contributed by atoms with Gasteiger partial charge in [0.05, 0.1) is 0 Å². The first-order valence-corrected chi connectivity index (χ1v) is 4.63. The highest BCUT2D eigenvalue weighted by Crippen LogP contribution is 1.96. The summed E-state index contributed by atoms with van der Waals surface area (Å²) in [5, 5.41) is 0.